The Kier molecular flexibility index (Phi) is 4.06. The van der Waals surface area contributed by atoms with Gasteiger partial charge in [-0.25, -0.2) is 9.07 Å². The molecule has 2 aliphatic rings. The summed E-state index contributed by atoms with van der Waals surface area (Å²) in [6.45, 7) is 1.56. The van der Waals surface area contributed by atoms with Crippen molar-refractivity contribution in [1.29, 1.82) is 0 Å². The molecule has 2 aromatic rings. The van der Waals surface area contributed by atoms with Gasteiger partial charge in [0.05, 0.1) is 17.4 Å². The molecule has 0 unspecified atom stereocenters. The Morgan fingerprint density at radius 2 is 2.17 bits per heavy atom. The molecule has 1 N–H and O–H groups in total. The maximum atomic E-state index is 13.3. The number of carbonyl (C=O) groups excluding carboxylic acids is 1. The van der Waals surface area contributed by atoms with Gasteiger partial charge in [0.1, 0.15) is 5.82 Å². The van der Waals surface area contributed by atoms with Crippen LogP contribution in [0.15, 0.2) is 36.5 Å². The Hall–Kier alpha value is -2.21. The van der Waals surface area contributed by atoms with Crippen LogP contribution in [0.25, 0.3) is 5.69 Å². The largest absolute Gasteiger partial charge is 0.352 e. The molecule has 126 valence electrons. The molecule has 1 amide bonds. The second kappa shape index (κ2) is 6.36. The van der Waals surface area contributed by atoms with Crippen molar-refractivity contribution >= 4 is 5.91 Å². The topological polar surface area (TPSA) is 50.2 Å². The molecule has 1 saturated heterocycles. The highest BCUT2D eigenvalue weighted by molar-refractivity contribution is 5.82. The molecule has 0 radical (unpaired) electrons. The fourth-order valence-corrected chi connectivity index (χ4v) is 3.25. The molecule has 1 aromatic carbocycles. The van der Waals surface area contributed by atoms with Crippen LogP contribution >= 0.6 is 0 Å². The summed E-state index contributed by atoms with van der Waals surface area (Å²) in [7, 11) is 0. The zero-order chi connectivity index (χ0) is 16.5. The molecule has 1 saturated carbocycles. The van der Waals surface area contributed by atoms with E-state index in [0.717, 1.165) is 37.9 Å². The highest BCUT2D eigenvalue weighted by Crippen LogP contribution is 2.23. The van der Waals surface area contributed by atoms with Crippen molar-refractivity contribution in [2.24, 2.45) is 0 Å². The van der Waals surface area contributed by atoms with E-state index in [1.54, 1.807) is 10.7 Å². The van der Waals surface area contributed by atoms with Gasteiger partial charge in [-0.1, -0.05) is 6.07 Å². The summed E-state index contributed by atoms with van der Waals surface area (Å²) in [5.41, 5.74) is 1.59. The fourth-order valence-electron chi connectivity index (χ4n) is 3.25. The first-order valence-corrected chi connectivity index (χ1v) is 8.54. The van der Waals surface area contributed by atoms with E-state index in [4.69, 9.17) is 0 Å². The van der Waals surface area contributed by atoms with Crippen LogP contribution in [0.4, 0.5) is 4.39 Å². The van der Waals surface area contributed by atoms with Gasteiger partial charge >= 0.3 is 0 Å². The molecule has 1 atom stereocenters. The molecule has 0 bridgehead atoms. The Labute approximate surface area is 140 Å². The number of hydrogen-bond acceptors (Lipinski definition) is 3. The lowest BCUT2D eigenvalue weighted by Crippen LogP contribution is -2.43. The number of amides is 1. The minimum atomic E-state index is -0.277. The summed E-state index contributed by atoms with van der Waals surface area (Å²) in [4.78, 5) is 14.5. The number of hydrogen-bond donors (Lipinski definition) is 1. The standard InChI is InChI=1S/C18H21FN4O/c19-13-3-1-4-16(11-13)23-10-8-15(21-23)12-22-9-2-5-17(22)18(24)20-14-6-7-14/h1,3-4,8,10-11,14,17H,2,5-7,9,12H2,(H,20,24)/t17-/m1/s1. The quantitative estimate of drug-likeness (QED) is 0.916. The van der Waals surface area contributed by atoms with Gasteiger partial charge in [-0.15, -0.1) is 0 Å². The van der Waals surface area contributed by atoms with E-state index in [-0.39, 0.29) is 17.8 Å². The van der Waals surface area contributed by atoms with Crippen molar-refractivity contribution < 1.29 is 9.18 Å². The lowest BCUT2D eigenvalue weighted by Gasteiger charge is -2.22. The molecule has 2 fully saturated rings. The van der Waals surface area contributed by atoms with Crippen LogP contribution in [0.3, 0.4) is 0 Å². The Bertz CT molecular complexity index is 740. The van der Waals surface area contributed by atoms with E-state index in [1.165, 1.54) is 12.1 Å². The predicted octanol–water partition coefficient (Wildman–Crippen LogP) is 2.25. The summed E-state index contributed by atoms with van der Waals surface area (Å²) in [6.07, 6.45) is 5.99. The highest BCUT2D eigenvalue weighted by atomic mass is 19.1. The summed E-state index contributed by atoms with van der Waals surface area (Å²) < 4.78 is 15.0. The molecule has 1 aromatic heterocycles. The first kappa shape index (κ1) is 15.3. The molecule has 1 aliphatic heterocycles. The van der Waals surface area contributed by atoms with Crippen molar-refractivity contribution in [3.8, 4) is 5.69 Å². The van der Waals surface area contributed by atoms with Crippen LogP contribution in [0.1, 0.15) is 31.4 Å². The van der Waals surface area contributed by atoms with Crippen molar-refractivity contribution in [1.82, 2.24) is 20.0 Å². The van der Waals surface area contributed by atoms with Crippen molar-refractivity contribution in [3.05, 3.63) is 48.0 Å². The van der Waals surface area contributed by atoms with Gasteiger partial charge in [-0.2, -0.15) is 5.10 Å². The summed E-state index contributed by atoms with van der Waals surface area (Å²) in [5.74, 6) is -0.125. The number of nitrogens with one attached hydrogen (secondary N) is 1. The number of benzene rings is 1. The van der Waals surface area contributed by atoms with Gasteiger partial charge < -0.3 is 5.32 Å². The Balaban J connectivity index is 1.44. The SMILES string of the molecule is O=C(NC1CC1)[C@H]1CCCN1Cc1ccn(-c2cccc(F)c2)n1. The monoisotopic (exact) mass is 328 g/mol. The second-order valence-electron chi connectivity index (χ2n) is 6.64. The van der Waals surface area contributed by atoms with Gasteiger partial charge in [0.2, 0.25) is 5.91 Å². The maximum absolute atomic E-state index is 13.3. The van der Waals surface area contributed by atoms with E-state index < -0.39 is 0 Å². The summed E-state index contributed by atoms with van der Waals surface area (Å²) in [6, 6.07) is 8.64. The van der Waals surface area contributed by atoms with Gasteiger partial charge in [0.15, 0.2) is 0 Å². The highest BCUT2D eigenvalue weighted by Gasteiger charge is 2.34. The fraction of sp³-hybridized carbons (Fsp3) is 0.444. The number of aromatic nitrogens is 2. The van der Waals surface area contributed by atoms with Gasteiger partial charge in [0, 0.05) is 18.8 Å². The molecule has 1 aliphatic carbocycles. The van der Waals surface area contributed by atoms with Crippen LogP contribution in [0.2, 0.25) is 0 Å². The zero-order valence-corrected chi connectivity index (χ0v) is 13.5. The first-order valence-electron chi connectivity index (χ1n) is 8.54. The van der Waals surface area contributed by atoms with Crippen molar-refractivity contribution in [2.45, 2.75) is 44.3 Å². The van der Waals surface area contributed by atoms with Gasteiger partial charge in [0.25, 0.3) is 0 Å². The van der Waals surface area contributed by atoms with Crippen LogP contribution in [0, 0.1) is 5.82 Å². The molecular weight excluding hydrogens is 307 g/mol. The number of nitrogens with zero attached hydrogens (tertiary/aromatic N) is 3. The number of carbonyl (C=O) groups is 1. The number of rotatable bonds is 5. The Morgan fingerprint density at radius 1 is 1.29 bits per heavy atom. The first-order chi connectivity index (χ1) is 11.7. The third-order valence-corrected chi connectivity index (χ3v) is 4.67. The lowest BCUT2D eigenvalue weighted by atomic mass is 10.2. The van der Waals surface area contributed by atoms with E-state index in [2.05, 4.69) is 15.3 Å². The lowest BCUT2D eigenvalue weighted by molar-refractivity contribution is -0.125. The van der Waals surface area contributed by atoms with Gasteiger partial charge in [-0.05, 0) is 56.5 Å². The number of halogens is 1. The zero-order valence-electron chi connectivity index (χ0n) is 13.5. The van der Waals surface area contributed by atoms with Crippen molar-refractivity contribution in [3.63, 3.8) is 0 Å². The smallest absolute Gasteiger partial charge is 0.237 e. The van der Waals surface area contributed by atoms with E-state index >= 15 is 0 Å². The van der Waals surface area contributed by atoms with E-state index in [1.807, 2.05) is 18.3 Å². The normalized spacial score (nSPS) is 21.1. The van der Waals surface area contributed by atoms with E-state index in [0.29, 0.717) is 18.3 Å². The van der Waals surface area contributed by atoms with Gasteiger partial charge in [-0.3, -0.25) is 9.69 Å². The molecule has 0 spiro atoms. The predicted molar refractivity (Wildman–Crippen MR) is 88.1 cm³/mol. The molecular formula is C18H21FN4O. The molecule has 4 rings (SSSR count). The molecule has 24 heavy (non-hydrogen) atoms. The second-order valence-corrected chi connectivity index (χ2v) is 6.64. The van der Waals surface area contributed by atoms with Crippen molar-refractivity contribution in [2.75, 3.05) is 6.54 Å². The van der Waals surface area contributed by atoms with Crippen LogP contribution < -0.4 is 5.32 Å². The minimum Gasteiger partial charge on any atom is -0.352 e. The minimum absolute atomic E-state index is 0.0510. The average molecular weight is 328 g/mol. The molecule has 2 heterocycles. The Morgan fingerprint density at radius 3 is 2.96 bits per heavy atom. The maximum Gasteiger partial charge on any atom is 0.237 e. The molecule has 6 heteroatoms. The van der Waals surface area contributed by atoms with Crippen LogP contribution in [-0.4, -0.2) is 39.2 Å². The van der Waals surface area contributed by atoms with E-state index in [9.17, 15) is 9.18 Å². The van der Waals surface area contributed by atoms with Crippen LogP contribution in [-0.2, 0) is 11.3 Å². The summed E-state index contributed by atoms with van der Waals surface area (Å²) in [5, 5.41) is 7.63. The third-order valence-electron chi connectivity index (χ3n) is 4.67. The van der Waals surface area contributed by atoms with Crippen LogP contribution in [0.5, 0.6) is 0 Å². The number of likely N-dealkylation sites (tertiary alicyclic amines) is 1. The molecule has 5 nitrogen and oxygen atoms in total. The summed E-state index contributed by atoms with van der Waals surface area (Å²) >= 11 is 0. The average Bonchev–Trinajstić information content (AvgIpc) is 3.08. The third kappa shape index (κ3) is 3.33.